The largest absolute Gasteiger partial charge is 0.355 e. The molecule has 1 aromatic carbocycles. The van der Waals surface area contributed by atoms with E-state index in [9.17, 15) is 14.0 Å². The summed E-state index contributed by atoms with van der Waals surface area (Å²) in [5, 5.41) is 5.78. The SMILES string of the molecule is CCCNC(=O)CNC(=O)c1cc2cc(F)ccc2[nH]1. The minimum absolute atomic E-state index is 0.0808. The van der Waals surface area contributed by atoms with Gasteiger partial charge >= 0.3 is 0 Å². The van der Waals surface area contributed by atoms with Crippen molar-refractivity contribution < 1.29 is 14.0 Å². The highest BCUT2D eigenvalue weighted by atomic mass is 19.1. The van der Waals surface area contributed by atoms with E-state index in [-0.39, 0.29) is 18.3 Å². The van der Waals surface area contributed by atoms with Crippen molar-refractivity contribution in [3.05, 3.63) is 35.8 Å². The van der Waals surface area contributed by atoms with Crippen molar-refractivity contribution in [2.45, 2.75) is 13.3 Å². The van der Waals surface area contributed by atoms with Crippen LogP contribution in [-0.2, 0) is 4.79 Å². The highest BCUT2D eigenvalue weighted by Crippen LogP contribution is 2.16. The molecule has 0 fully saturated rings. The van der Waals surface area contributed by atoms with E-state index < -0.39 is 5.91 Å². The Kier molecular flexibility index (Phi) is 4.34. The topological polar surface area (TPSA) is 74.0 Å². The molecule has 2 amide bonds. The van der Waals surface area contributed by atoms with Crippen LogP contribution in [0.2, 0.25) is 0 Å². The lowest BCUT2D eigenvalue weighted by atomic mass is 10.2. The van der Waals surface area contributed by atoms with Gasteiger partial charge < -0.3 is 15.6 Å². The average molecular weight is 277 g/mol. The van der Waals surface area contributed by atoms with Crippen molar-refractivity contribution >= 4 is 22.7 Å². The Balaban J connectivity index is 1.99. The Morgan fingerprint density at radius 1 is 1.25 bits per heavy atom. The highest BCUT2D eigenvalue weighted by Gasteiger charge is 2.11. The molecule has 2 aromatic rings. The fourth-order valence-electron chi connectivity index (χ4n) is 1.81. The predicted octanol–water partition coefficient (Wildman–Crippen LogP) is 1.56. The number of aromatic nitrogens is 1. The molecule has 6 heteroatoms. The zero-order valence-corrected chi connectivity index (χ0v) is 11.1. The van der Waals surface area contributed by atoms with Gasteiger partial charge in [0.05, 0.1) is 6.54 Å². The Morgan fingerprint density at radius 2 is 2.05 bits per heavy atom. The van der Waals surface area contributed by atoms with Crippen molar-refractivity contribution in [3.8, 4) is 0 Å². The van der Waals surface area contributed by atoms with Crippen molar-refractivity contribution in [1.29, 1.82) is 0 Å². The molecule has 0 unspecified atom stereocenters. The van der Waals surface area contributed by atoms with Crippen molar-refractivity contribution in [3.63, 3.8) is 0 Å². The first-order valence-corrected chi connectivity index (χ1v) is 6.43. The summed E-state index contributed by atoms with van der Waals surface area (Å²) in [5.74, 6) is -0.988. The first-order valence-electron chi connectivity index (χ1n) is 6.43. The lowest BCUT2D eigenvalue weighted by molar-refractivity contribution is -0.120. The van der Waals surface area contributed by atoms with Gasteiger partial charge in [-0.1, -0.05) is 6.92 Å². The summed E-state index contributed by atoms with van der Waals surface area (Å²) in [4.78, 5) is 26.1. The van der Waals surface area contributed by atoms with Crippen LogP contribution < -0.4 is 10.6 Å². The number of halogens is 1. The molecule has 0 bridgehead atoms. The predicted molar refractivity (Wildman–Crippen MR) is 73.9 cm³/mol. The van der Waals surface area contributed by atoms with E-state index in [0.717, 1.165) is 6.42 Å². The maximum atomic E-state index is 13.1. The maximum absolute atomic E-state index is 13.1. The van der Waals surface area contributed by atoms with Crippen LogP contribution in [0.3, 0.4) is 0 Å². The summed E-state index contributed by atoms with van der Waals surface area (Å²) in [6.45, 7) is 2.45. The molecular weight excluding hydrogens is 261 g/mol. The molecule has 0 aliphatic rings. The van der Waals surface area contributed by atoms with E-state index in [1.807, 2.05) is 6.92 Å². The second kappa shape index (κ2) is 6.18. The lowest BCUT2D eigenvalue weighted by Gasteiger charge is -2.04. The molecule has 0 aliphatic heterocycles. The van der Waals surface area contributed by atoms with Gasteiger partial charge in [0.2, 0.25) is 5.91 Å². The first-order chi connectivity index (χ1) is 9.60. The molecule has 1 heterocycles. The van der Waals surface area contributed by atoms with Gasteiger partial charge in [-0.05, 0) is 30.7 Å². The zero-order chi connectivity index (χ0) is 14.5. The van der Waals surface area contributed by atoms with Crippen molar-refractivity contribution in [2.75, 3.05) is 13.1 Å². The van der Waals surface area contributed by atoms with E-state index in [1.54, 1.807) is 12.1 Å². The summed E-state index contributed by atoms with van der Waals surface area (Å²) in [6, 6.07) is 5.78. The molecule has 3 N–H and O–H groups in total. The average Bonchev–Trinajstić information content (AvgIpc) is 2.85. The van der Waals surface area contributed by atoms with Crippen LogP contribution in [0, 0.1) is 5.82 Å². The van der Waals surface area contributed by atoms with E-state index in [1.165, 1.54) is 12.1 Å². The molecule has 0 saturated carbocycles. The Bertz CT molecular complexity index is 636. The monoisotopic (exact) mass is 277 g/mol. The van der Waals surface area contributed by atoms with Gasteiger partial charge in [0, 0.05) is 17.4 Å². The number of rotatable bonds is 5. The zero-order valence-electron chi connectivity index (χ0n) is 11.1. The minimum Gasteiger partial charge on any atom is -0.355 e. The number of H-pyrrole nitrogens is 1. The molecule has 5 nitrogen and oxygen atoms in total. The van der Waals surface area contributed by atoms with Gasteiger partial charge in [-0.2, -0.15) is 0 Å². The molecule has 106 valence electrons. The van der Waals surface area contributed by atoms with Crippen molar-refractivity contribution in [2.24, 2.45) is 0 Å². The van der Waals surface area contributed by atoms with Crippen LogP contribution in [0.1, 0.15) is 23.8 Å². The number of carbonyl (C=O) groups is 2. The van der Waals surface area contributed by atoms with Crippen LogP contribution in [0.15, 0.2) is 24.3 Å². The fraction of sp³-hybridized carbons (Fsp3) is 0.286. The Labute approximate surface area is 115 Å². The third-order valence-electron chi connectivity index (χ3n) is 2.81. The van der Waals surface area contributed by atoms with Gasteiger partial charge in [0.15, 0.2) is 0 Å². The molecule has 20 heavy (non-hydrogen) atoms. The second-order valence-electron chi connectivity index (χ2n) is 4.45. The summed E-state index contributed by atoms with van der Waals surface area (Å²) >= 11 is 0. The van der Waals surface area contributed by atoms with Gasteiger partial charge in [-0.15, -0.1) is 0 Å². The number of carbonyl (C=O) groups excluding carboxylic acids is 2. The van der Waals surface area contributed by atoms with Crippen LogP contribution in [0.5, 0.6) is 0 Å². The Morgan fingerprint density at radius 3 is 2.80 bits per heavy atom. The quantitative estimate of drug-likeness (QED) is 0.776. The van der Waals surface area contributed by atoms with E-state index in [2.05, 4.69) is 15.6 Å². The lowest BCUT2D eigenvalue weighted by Crippen LogP contribution is -2.37. The van der Waals surface area contributed by atoms with Crippen LogP contribution in [0.25, 0.3) is 10.9 Å². The smallest absolute Gasteiger partial charge is 0.268 e. The molecule has 0 spiro atoms. The fourth-order valence-corrected chi connectivity index (χ4v) is 1.81. The number of hydrogen-bond donors (Lipinski definition) is 3. The maximum Gasteiger partial charge on any atom is 0.268 e. The number of fused-ring (bicyclic) bond motifs is 1. The van der Waals surface area contributed by atoms with Crippen LogP contribution in [-0.4, -0.2) is 29.9 Å². The normalized spacial score (nSPS) is 10.5. The summed E-state index contributed by atoms with van der Waals surface area (Å²) in [5.41, 5.74) is 0.973. The highest BCUT2D eigenvalue weighted by molar-refractivity contribution is 5.99. The number of nitrogens with one attached hydrogen (secondary N) is 3. The molecular formula is C14H16FN3O2. The molecule has 1 aromatic heterocycles. The first kappa shape index (κ1) is 14.0. The molecule has 0 radical (unpaired) electrons. The van der Waals surface area contributed by atoms with E-state index in [0.29, 0.717) is 23.1 Å². The number of benzene rings is 1. The number of amides is 2. The third kappa shape index (κ3) is 3.34. The molecule has 2 rings (SSSR count). The number of hydrogen-bond acceptors (Lipinski definition) is 2. The number of aromatic amines is 1. The van der Waals surface area contributed by atoms with Crippen molar-refractivity contribution in [1.82, 2.24) is 15.6 Å². The second-order valence-corrected chi connectivity index (χ2v) is 4.45. The minimum atomic E-state index is -0.395. The standard InChI is InChI=1S/C14H16FN3O2/c1-2-5-16-13(19)8-17-14(20)12-7-9-6-10(15)3-4-11(9)18-12/h3-4,6-7,18H,2,5,8H2,1H3,(H,16,19)(H,17,20). The Hall–Kier alpha value is -2.37. The van der Waals surface area contributed by atoms with E-state index >= 15 is 0 Å². The molecule has 0 aliphatic carbocycles. The van der Waals surface area contributed by atoms with Crippen LogP contribution >= 0.6 is 0 Å². The van der Waals surface area contributed by atoms with Crippen LogP contribution in [0.4, 0.5) is 4.39 Å². The summed E-state index contributed by atoms with van der Waals surface area (Å²) in [7, 11) is 0. The van der Waals surface area contributed by atoms with Gasteiger partial charge in [0.25, 0.3) is 5.91 Å². The third-order valence-corrected chi connectivity index (χ3v) is 2.81. The van der Waals surface area contributed by atoms with Gasteiger partial charge in [-0.25, -0.2) is 4.39 Å². The van der Waals surface area contributed by atoms with E-state index in [4.69, 9.17) is 0 Å². The van der Waals surface area contributed by atoms with Gasteiger partial charge in [0.1, 0.15) is 11.5 Å². The summed E-state index contributed by atoms with van der Waals surface area (Å²) < 4.78 is 13.1. The summed E-state index contributed by atoms with van der Waals surface area (Å²) in [6.07, 6.45) is 0.841. The molecule has 0 atom stereocenters. The van der Waals surface area contributed by atoms with Gasteiger partial charge in [-0.3, -0.25) is 9.59 Å². The molecule has 0 saturated heterocycles.